The lowest BCUT2D eigenvalue weighted by atomic mass is 10.2. The van der Waals surface area contributed by atoms with Gasteiger partial charge in [-0.15, -0.1) is 0 Å². The van der Waals surface area contributed by atoms with Crippen molar-refractivity contribution < 1.29 is 14.7 Å². The summed E-state index contributed by atoms with van der Waals surface area (Å²) >= 11 is 0. The molecule has 0 aliphatic carbocycles. The van der Waals surface area contributed by atoms with E-state index in [1.54, 1.807) is 19.1 Å². The first-order chi connectivity index (χ1) is 10.1. The Morgan fingerprint density at radius 2 is 2.14 bits per heavy atom. The average molecular weight is 289 g/mol. The lowest BCUT2D eigenvalue weighted by Gasteiger charge is -2.19. The van der Waals surface area contributed by atoms with Crippen LogP contribution in [-0.2, 0) is 4.79 Å². The second-order valence-corrected chi connectivity index (χ2v) is 4.16. The van der Waals surface area contributed by atoms with Crippen LogP contribution in [0.25, 0.3) is 0 Å². The van der Waals surface area contributed by atoms with Crippen molar-refractivity contribution in [1.29, 1.82) is 0 Å². The summed E-state index contributed by atoms with van der Waals surface area (Å²) in [5.74, 6) is 4.71. The zero-order chi connectivity index (χ0) is 15.7. The minimum atomic E-state index is -0.301. The molecule has 1 aromatic rings. The maximum Gasteiger partial charge on any atom is 0.272 e. The molecule has 6 heteroatoms. The predicted molar refractivity (Wildman–Crippen MR) is 78.5 cm³/mol. The molecule has 0 radical (unpaired) electrons. The molecule has 2 N–H and O–H groups in total. The monoisotopic (exact) mass is 289 g/mol. The fourth-order valence-electron chi connectivity index (χ4n) is 1.65. The topological polar surface area (TPSA) is 82.5 Å². The summed E-state index contributed by atoms with van der Waals surface area (Å²) in [6, 6.07) is 3.22. The number of nitrogens with one attached hydrogen (secondary N) is 1. The van der Waals surface area contributed by atoms with Crippen LogP contribution in [0.3, 0.4) is 0 Å². The van der Waals surface area contributed by atoms with Crippen molar-refractivity contribution in [2.75, 3.05) is 26.2 Å². The average Bonchev–Trinajstić information content (AvgIpc) is 2.50. The van der Waals surface area contributed by atoms with Gasteiger partial charge in [-0.1, -0.05) is 11.8 Å². The van der Waals surface area contributed by atoms with E-state index < -0.39 is 0 Å². The van der Waals surface area contributed by atoms with Crippen molar-refractivity contribution in [2.24, 2.45) is 0 Å². The number of carbonyl (C=O) groups excluding carboxylic acids is 2. The summed E-state index contributed by atoms with van der Waals surface area (Å²) in [4.78, 5) is 29.3. The van der Waals surface area contributed by atoms with E-state index in [1.165, 1.54) is 11.1 Å². The van der Waals surface area contributed by atoms with Crippen molar-refractivity contribution in [3.8, 4) is 11.8 Å². The van der Waals surface area contributed by atoms with Crippen molar-refractivity contribution in [3.63, 3.8) is 0 Å². The van der Waals surface area contributed by atoms with Gasteiger partial charge >= 0.3 is 0 Å². The van der Waals surface area contributed by atoms with Gasteiger partial charge in [-0.2, -0.15) is 0 Å². The van der Waals surface area contributed by atoms with Gasteiger partial charge < -0.3 is 15.3 Å². The summed E-state index contributed by atoms with van der Waals surface area (Å²) in [7, 11) is 0. The Balaban J connectivity index is 2.78. The Labute approximate surface area is 124 Å². The van der Waals surface area contributed by atoms with Gasteiger partial charge in [0.1, 0.15) is 12.3 Å². The molecule has 0 spiro atoms. The van der Waals surface area contributed by atoms with E-state index in [2.05, 4.69) is 22.1 Å². The standard InChI is InChI=1S/C15H19N3O3/c1-3-16-14(20)11-18(4-2)15(21)13-8-7-12(10-17-13)6-5-9-19/h7-8,10,19H,3-4,9,11H2,1-2H3,(H,16,20). The largest absolute Gasteiger partial charge is 0.384 e. The summed E-state index contributed by atoms with van der Waals surface area (Å²) in [6.45, 7) is 4.36. The predicted octanol–water partition coefficient (Wildman–Crippen LogP) is 0.0236. The van der Waals surface area contributed by atoms with E-state index >= 15 is 0 Å². The number of carbonyl (C=O) groups is 2. The number of hydrogen-bond donors (Lipinski definition) is 2. The SMILES string of the molecule is CCNC(=O)CN(CC)C(=O)c1ccc(C#CCO)cn1. The van der Waals surface area contributed by atoms with E-state index in [0.717, 1.165) is 0 Å². The Hall–Kier alpha value is -2.39. The highest BCUT2D eigenvalue weighted by molar-refractivity contribution is 5.94. The van der Waals surface area contributed by atoms with Gasteiger partial charge in [-0.3, -0.25) is 9.59 Å². The molecule has 2 amide bonds. The number of nitrogens with zero attached hydrogens (tertiary/aromatic N) is 2. The molecule has 0 saturated heterocycles. The highest BCUT2D eigenvalue weighted by Gasteiger charge is 2.17. The quantitative estimate of drug-likeness (QED) is 0.749. The molecular weight excluding hydrogens is 270 g/mol. The Morgan fingerprint density at radius 3 is 2.67 bits per heavy atom. The third-order valence-electron chi connectivity index (χ3n) is 2.67. The van der Waals surface area contributed by atoms with Gasteiger partial charge in [-0.05, 0) is 26.0 Å². The number of rotatable bonds is 5. The number of likely N-dealkylation sites (N-methyl/N-ethyl adjacent to an activating group) is 2. The fraction of sp³-hybridized carbons (Fsp3) is 0.400. The van der Waals surface area contributed by atoms with Gasteiger partial charge in [0.2, 0.25) is 5.91 Å². The minimum Gasteiger partial charge on any atom is -0.384 e. The van der Waals surface area contributed by atoms with Gasteiger partial charge in [0, 0.05) is 24.8 Å². The van der Waals surface area contributed by atoms with Gasteiger partial charge in [-0.25, -0.2) is 4.98 Å². The van der Waals surface area contributed by atoms with Crippen molar-refractivity contribution in [2.45, 2.75) is 13.8 Å². The summed E-state index contributed by atoms with van der Waals surface area (Å²) in [5.41, 5.74) is 0.878. The molecule has 21 heavy (non-hydrogen) atoms. The van der Waals surface area contributed by atoms with Crippen LogP contribution in [0.4, 0.5) is 0 Å². The van der Waals surface area contributed by atoms with Crippen LogP contribution in [0.1, 0.15) is 29.9 Å². The van der Waals surface area contributed by atoms with Crippen molar-refractivity contribution in [3.05, 3.63) is 29.6 Å². The molecule has 0 fully saturated rings. The number of aromatic nitrogens is 1. The first-order valence-corrected chi connectivity index (χ1v) is 6.74. The fourth-order valence-corrected chi connectivity index (χ4v) is 1.65. The third kappa shape index (κ3) is 5.24. The molecule has 0 unspecified atom stereocenters. The van der Waals surface area contributed by atoms with E-state index in [0.29, 0.717) is 18.7 Å². The van der Waals surface area contributed by atoms with E-state index in [1.807, 2.05) is 6.92 Å². The number of hydrogen-bond acceptors (Lipinski definition) is 4. The minimum absolute atomic E-state index is 0.0108. The molecule has 0 aromatic carbocycles. The van der Waals surface area contributed by atoms with E-state index in [4.69, 9.17) is 5.11 Å². The lowest BCUT2D eigenvalue weighted by Crippen LogP contribution is -2.40. The van der Waals surface area contributed by atoms with Crippen molar-refractivity contribution in [1.82, 2.24) is 15.2 Å². The molecule has 0 atom stereocenters. The van der Waals surface area contributed by atoms with Crippen LogP contribution in [0.2, 0.25) is 0 Å². The van der Waals surface area contributed by atoms with Crippen molar-refractivity contribution >= 4 is 11.8 Å². The maximum absolute atomic E-state index is 12.2. The van der Waals surface area contributed by atoms with Crippen LogP contribution < -0.4 is 5.32 Å². The maximum atomic E-state index is 12.2. The molecule has 112 valence electrons. The first kappa shape index (κ1) is 16.7. The molecule has 1 heterocycles. The first-order valence-electron chi connectivity index (χ1n) is 6.74. The van der Waals surface area contributed by atoms with Gasteiger partial charge in [0.25, 0.3) is 5.91 Å². The van der Waals surface area contributed by atoms with E-state index in [-0.39, 0.29) is 30.7 Å². The molecular formula is C15H19N3O3. The summed E-state index contributed by atoms with van der Waals surface area (Å²) in [6.07, 6.45) is 1.47. The molecule has 6 nitrogen and oxygen atoms in total. The van der Waals surface area contributed by atoms with Crippen LogP contribution in [-0.4, -0.2) is 53.0 Å². The van der Waals surface area contributed by atoms with Gasteiger partial charge in [0.15, 0.2) is 0 Å². The molecule has 0 aliphatic heterocycles. The molecule has 1 rings (SSSR count). The van der Waals surface area contributed by atoms with E-state index in [9.17, 15) is 9.59 Å². The third-order valence-corrected chi connectivity index (χ3v) is 2.67. The molecule has 1 aromatic heterocycles. The Morgan fingerprint density at radius 1 is 1.38 bits per heavy atom. The zero-order valence-corrected chi connectivity index (χ0v) is 12.2. The summed E-state index contributed by atoms with van der Waals surface area (Å²) in [5, 5.41) is 11.3. The summed E-state index contributed by atoms with van der Waals surface area (Å²) < 4.78 is 0. The second-order valence-electron chi connectivity index (χ2n) is 4.16. The molecule has 0 bridgehead atoms. The number of aliphatic hydroxyl groups excluding tert-OH is 1. The number of aliphatic hydroxyl groups is 1. The number of amides is 2. The smallest absolute Gasteiger partial charge is 0.272 e. The highest BCUT2D eigenvalue weighted by Crippen LogP contribution is 2.04. The highest BCUT2D eigenvalue weighted by atomic mass is 16.2. The molecule has 0 aliphatic rings. The van der Waals surface area contributed by atoms with Gasteiger partial charge in [0.05, 0.1) is 6.54 Å². The van der Waals surface area contributed by atoms with Crippen LogP contribution in [0.15, 0.2) is 18.3 Å². The van der Waals surface area contributed by atoms with Crippen LogP contribution in [0, 0.1) is 11.8 Å². The molecule has 0 saturated carbocycles. The Kier molecular flexibility index (Phi) is 6.92. The number of pyridine rings is 1. The Bertz CT molecular complexity index is 544. The van der Waals surface area contributed by atoms with Crippen LogP contribution >= 0.6 is 0 Å². The second kappa shape index (κ2) is 8.72. The lowest BCUT2D eigenvalue weighted by molar-refractivity contribution is -0.121. The zero-order valence-electron chi connectivity index (χ0n) is 12.2. The van der Waals surface area contributed by atoms with Crippen LogP contribution in [0.5, 0.6) is 0 Å². The normalized spacial score (nSPS) is 9.48.